The number of alkyl halides is 2. The molecule has 0 aliphatic carbocycles. The fraction of sp³-hybridized carbons (Fsp3) is 0.250. The third-order valence-electron chi connectivity index (χ3n) is 1.56. The van der Waals surface area contributed by atoms with Crippen molar-refractivity contribution in [1.29, 1.82) is 0 Å². The number of aromatic nitrogens is 1. The Morgan fingerprint density at radius 3 is 2.67 bits per heavy atom. The van der Waals surface area contributed by atoms with Crippen LogP contribution >= 0.6 is 34.2 Å². The standard InChI is InChI=1S/C8H5ClF2INO2/c1-15-8(14)5-3(9)2-4(6(10)11)13-7(5)12/h2,6H,1H3. The predicted octanol–water partition coefficient (Wildman–Crippen LogP) is 3.06. The molecule has 0 radical (unpaired) electrons. The van der Waals surface area contributed by atoms with Gasteiger partial charge in [-0.25, -0.2) is 18.6 Å². The number of methoxy groups -OCH3 is 1. The number of carbonyl (C=O) groups is 1. The molecule has 0 aromatic carbocycles. The SMILES string of the molecule is COC(=O)c1c(Cl)cc(C(F)F)nc1I. The lowest BCUT2D eigenvalue weighted by molar-refractivity contribution is 0.0598. The van der Waals surface area contributed by atoms with Gasteiger partial charge in [0.25, 0.3) is 6.43 Å². The van der Waals surface area contributed by atoms with Crippen LogP contribution in [0.5, 0.6) is 0 Å². The van der Waals surface area contributed by atoms with Crippen LogP contribution in [0.15, 0.2) is 6.07 Å². The summed E-state index contributed by atoms with van der Waals surface area (Å²) in [5, 5.41) is -0.0865. The minimum Gasteiger partial charge on any atom is -0.465 e. The average Bonchev–Trinajstić information content (AvgIpc) is 2.16. The number of hydrogen-bond donors (Lipinski definition) is 0. The van der Waals surface area contributed by atoms with Gasteiger partial charge < -0.3 is 4.74 Å². The molecule has 0 saturated heterocycles. The summed E-state index contributed by atoms with van der Waals surface area (Å²) >= 11 is 7.33. The van der Waals surface area contributed by atoms with Gasteiger partial charge >= 0.3 is 5.97 Å². The number of pyridine rings is 1. The molecule has 1 aromatic heterocycles. The maximum absolute atomic E-state index is 12.3. The zero-order valence-electron chi connectivity index (χ0n) is 7.43. The smallest absolute Gasteiger partial charge is 0.342 e. The van der Waals surface area contributed by atoms with Gasteiger partial charge in [0.15, 0.2) is 0 Å². The summed E-state index contributed by atoms with van der Waals surface area (Å²) in [6.07, 6.45) is -2.72. The van der Waals surface area contributed by atoms with Crippen molar-refractivity contribution < 1.29 is 18.3 Å². The summed E-state index contributed by atoms with van der Waals surface area (Å²) in [5.74, 6) is -0.697. The van der Waals surface area contributed by atoms with E-state index in [0.29, 0.717) is 0 Å². The Bertz CT molecular complexity index is 377. The topological polar surface area (TPSA) is 39.2 Å². The molecule has 3 nitrogen and oxygen atoms in total. The van der Waals surface area contributed by atoms with Gasteiger partial charge in [0.1, 0.15) is 15.0 Å². The van der Waals surface area contributed by atoms with E-state index in [9.17, 15) is 13.6 Å². The lowest BCUT2D eigenvalue weighted by Gasteiger charge is -2.06. The van der Waals surface area contributed by atoms with Gasteiger partial charge in [-0.05, 0) is 28.7 Å². The number of esters is 1. The van der Waals surface area contributed by atoms with E-state index in [-0.39, 0.29) is 14.3 Å². The van der Waals surface area contributed by atoms with E-state index >= 15 is 0 Å². The zero-order chi connectivity index (χ0) is 11.6. The highest BCUT2D eigenvalue weighted by atomic mass is 127. The van der Waals surface area contributed by atoms with Crippen molar-refractivity contribution in [3.05, 3.63) is 26.0 Å². The number of halogens is 4. The average molecular weight is 347 g/mol. The Hall–Kier alpha value is -0.500. The second-order valence-corrected chi connectivity index (χ2v) is 3.92. The predicted molar refractivity (Wildman–Crippen MR) is 58.3 cm³/mol. The first-order chi connectivity index (χ1) is 6.97. The minimum atomic E-state index is -2.72. The third kappa shape index (κ3) is 2.75. The molecule has 1 aromatic rings. The van der Waals surface area contributed by atoms with Gasteiger partial charge in [0.05, 0.1) is 12.1 Å². The van der Waals surface area contributed by atoms with Crippen molar-refractivity contribution >= 4 is 40.2 Å². The van der Waals surface area contributed by atoms with Gasteiger partial charge in [-0.2, -0.15) is 0 Å². The number of ether oxygens (including phenoxy) is 1. The van der Waals surface area contributed by atoms with Crippen molar-refractivity contribution in [2.24, 2.45) is 0 Å². The molecule has 0 aliphatic rings. The van der Waals surface area contributed by atoms with E-state index in [1.54, 1.807) is 22.6 Å². The van der Waals surface area contributed by atoms with Gasteiger partial charge in [-0.3, -0.25) is 0 Å². The Morgan fingerprint density at radius 1 is 1.67 bits per heavy atom. The number of rotatable bonds is 2. The van der Waals surface area contributed by atoms with Crippen LogP contribution in [0.1, 0.15) is 22.5 Å². The zero-order valence-corrected chi connectivity index (χ0v) is 10.3. The quantitative estimate of drug-likeness (QED) is 0.469. The van der Waals surface area contributed by atoms with Gasteiger partial charge in [0, 0.05) is 0 Å². The fourth-order valence-electron chi connectivity index (χ4n) is 0.898. The number of carbonyl (C=O) groups excluding carboxylic acids is 1. The van der Waals surface area contributed by atoms with E-state index < -0.39 is 18.1 Å². The molecule has 0 unspecified atom stereocenters. The Kier molecular flexibility index (Phi) is 4.21. The Balaban J connectivity index is 3.27. The molecule has 0 N–H and O–H groups in total. The first kappa shape index (κ1) is 12.6. The summed E-state index contributed by atoms with van der Waals surface area (Å²) in [4.78, 5) is 14.8. The lowest BCUT2D eigenvalue weighted by atomic mass is 10.2. The molecular weight excluding hydrogens is 342 g/mol. The normalized spacial score (nSPS) is 10.5. The maximum Gasteiger partial charge on any atom is 0.342 e. The monoisotopic (exact) mass is 347 g/mol. The highest BCUT2D eigenvalue weighted by molar-refractivity contribution is 14.1. The summed E-state index contributed by atoms with van der Waals surface area (Å²) in [7, 11) is 1.18. The minimum absolute atomic E-state index is 0.00386. The van der Waals surface area contributed by atoms with Crippen LogP contribution in [-0.4, -0.2) is 18.1 Å². The molecule has 0 amide bonds. The van der Waals surface area contributed by atoms with Crippen molar-refractivity contribution in [1.82, 2.24) is 4.98 Å². The molecule has 0 atom stereocenters. The summed E-state index contributed by atoms with van der Waals surface area (Å²) < 4.78 is 29.1. The molecule has 0 fully saturated rings. The second-order valence-electron chi connectivity index (χ2n) is 2.49. The Labute approximate surface area is 103 Å². The molecule has 0 spiro atoms. The second kappa shape index (κ2) is 5.02. The summed E-state index contributed by atoms with van der Waals surface area (Å²) in [6.45, 7) is 0. The van der Waals surface area contributed by atoms with Crippen LogP contribution in [-0.2, 0) is 4.74 Å². The van der Waals surface area contributed by atoms with Crippen LogP contribution in [0.2, 0.25) is 5.02 Å². The van der Waals surface area contributed by atoms with Crippen molar-refractivity contribution in [3.63, 3.8) is 0 Å². The molecule has 82 valence electrons. The van der Waals surface area contributed by atoms with E-state index in [1.807, 2.05) is 0 Å². The van der Waals surface area contributed by atoms with Crippen LogP contribution in [0.4, 0.5) is 8.78 Å². The van der Waals surface area contributed by atoms with E-state index in [4.69, 9.17) is 11.6 Å². The highest BCUT2D eigenvalue weighted by Gasteiger charge is 2.20. The maximum atomic E-state index is 12.3. The van der Waals surface area contributed by atoms with Crippen LogP contribution in [0, 0.1) is 3.70 Å². The number of hydrogen-bond acceptors (Lipinski definition) is 3. The summed E-state index contributed by atoms with van der Waals surface area (Å²) in [6, 6.07) is 0.959. The van der Waals surface area contributed by atoms with E-state index in [2.05, 4.69) is 9.72 Å². The molecule has 1 rings (SSSR count). The highest BCUT2D eigenvalue weighted by Crippen LogP contribution is 2.26. The summed E-state index contributed by atoms with van der Waals surface area (Å²) in [5.41, 5.74) is -0.457. The molecule has 7 heteroatoms. The first-order valence-corrected chi connectivity index (χ1v) is 5.15. The fourth-order valence-corrected chi connectivity index (χ4v) is 2.12. The molecule has 0 bridgehead atoms. The van der Waals surface area contributed by atoms with Crippen molar-refractivity contribution in [2.45, 2.75) is 6.43 Å². The number of nitrogens with zero attached hydrogens (tertiary/aromatic N) is 1. The first-order valence-electron chi connectivity index (χ1n) is 3.69. The molecular formula is C8H5ClF2INO2. The van der Waals surface area contributed by atoms with Gasteiger partial charge in [-0.15, -0.1) is 0 Å². The Morgan fingerprint density at radius 2 is 2.27 bits per heavy atom. The van der Waals surface area contributed by atoms with E-state index in [0.717, 1.165) is 6.07 Å². The molecule has 15 heavy (non-hydrogen) atoms. The third-order valence-corrected chi connectivity index (χ3v) is 2.64. The van der Waals surface area contributed by atoms with Crippen LogP contribution < -0.4 is 0 Å². The van der Waals surface area contributed by atoms with Crippen LogP contribution in [0.3, 0.4) is 0 Å². The van der Waals surface area contributed by atoms with Crippen LogP contribution in [0.25, 0.3) is 0 Å². The van der Waals surface area contributed by atoms with E-state index in [1.165, 1.54) is 7.11 Å². The molecule has 0 aliphatic heterocycles. The van der Waals surface area contributed by atoms with Gasteiger partial charge in [-0.1, -0.05) is 11.6 Å². The lowest BCUT2D eigenvalue weighted by Crippen LogP contribution is -2.08. The van der Waals surface area contributed by atoms with Crippen molar-refractivity contribution in [3.8, 4) is 0 Å². The molecule has 0 saturated carbocycles. The van der Waals surface area contributed by atoms with Gasteiger partial charge in [0.2, 0.25) is 0 Å². The van der Waals surface area contributed by atoms with Crippen molar-refractivity contribution in [2.75, 3.05) is 7.11 Å². The largest absolute Gasteiger partial charge is 0.465 e. The molecule has 1 heterocycles.